The fourth-order valence-electron chi connectivity index (χ4n) is 3.32. The number of hydrogen-bond acceptors (Lipinski definition) is 8. The van der Waals surface area contributed by atoms with Gasteiger partial charge in [0.15, 0.2) is 5.13 Å². The van der Waals surface area contributed by atoms with E-state index in [1.165, 1.54) is 5.69 Å². The quantitative estimate of drug-likeness (QED) is 0.572. The average Bonchev–Trinajstić information content (AvgIpc) is 3.37. The van der Waals surface area contributed by atoms with Gasteiger partial charge in [0.25, 0.3) is 0 Å². The molecule has 1 aliphatic heterocycles. The van der Waals surface area contributed by atoms with Crippen molar-refractivity contribution in [3.63, 3.8) is 0 Å². The van der Waals surface area contributed by atoms with Crippen molar-refractivity contribution in [2.24, 2.45) is 0 Å². The highest BCUT2D eigenvalue weighted by atomic mass is 32.1. The van der Waals surface area contributed by atoms with Crippen LogP contribution in [0.2, 0.25) is 0 Å². The molecule has 1 aliphatic rings. The van der Waals surface area contributed by atoms with E-state index in [1.54, 1.807) is 24.0 Å². The summed E-state index contributed by atoms with van der Waals surface area (Å²) in [4.78, 5) is 13.9. The average molecular weight is 392 g/mol. The second kappa shape index (κ2) is 7.17. The zero-order chi connectivity index (χ0) is 18.9. The predicted octanol–water partition coefficient (Wildman–Crippen LogP) is 2.77. The maximum atomic E-state index is 4.69. The fourth-order valence-corrected chi connectivity index (χ4v) is 4.23. The summed E-state index contributed by atoms with van der Waals surface area (Å²) < 4.78 is 2.98. The number of piperazine rings is 1. The molecular weight excluding hydrogens is 372 g/mol. The number of benzene rings is 1. The minimum Gasteiger partial charge on any atom is -0.369 e. The summed E-state index contributed by atoms with van der Waals surface area (Å²) in [6.07, 6.45) is 5.23. The number of nitrogens with one attached hydrogen (secondary N) is 1. The Labute approximate surface area is 166 Å². The molecule has 8 nitrogen and oxygen atoms in total. The molecule has 0 radical (unpaired) electrons. The molecule has 4 aromatic rings. The smallest absolute Gasteiger partial charge is 0.189 e. The lowest BCUT2D eigenvalue weighted by Gasteiger charge is -2.34. The zero-order valence-electron chi connectivity index (χ0n) is 15.5. The molecule has 142 valence electrons. The van der Waals surface area contributed by atoms with Gasteiger partial charge in [0.2, 0.25) is 0 Å². The van der Waals surface area contributed by atoms with Crippen LogP contribution in [0.4, 0.5) is 16.6 Å². The number of likely N-dealkylation sites (N-methyl/N-ethyl adjacent to an activating group) is 1. The van der Waals surface area contributed by atoms with Crippen LogP contribution in [0.25, 0.3) is 15.9 Å². The molecule has 0 bridgehead atoms. The second-order valence-corrected chi connectivity index (χ2v) is 7.89. The number of nitrogens with zero attached hydrogens (tertiary/aromatic N) is 7. The lowest BCUT2D eigenvalue weighted by molar-refractivity contribution is 0.313. The van der Waals surface area contributed by atoms with E-state index >= 15 is 0 Å². The van der Waals surface area contributed by atoms with E-state index in [0.717, 1.165) is 53.0 Å². The van der Waals surface area contributed by atoms with Gasteiger partial charge < -0.3 is 15.1 Å². The van der Waals surface area contributed by atoms with Crippen LogP contribution in [-0.2, 0) is 0 Å². The lowest BCUT2D eigenvalue weighted by atomic mass is 10.2. The topological polar surface area (TPSA) is 75.0 Å². The Balaban J connectivity index is 1.37. The van der Waals surface area contributed by atoms with E-state index in [0.29, 0.717) is 0 Å². The maximum absolute atomic E-state index is 4.69. The minimum atomic E-state index is 0.814. The SMILES string of the molecule is CN1CCN(c2ccnc(Nc3nc4ccc(-n5cnnc5)cc4s3)c2)CC1. The minimum absolute atomic E-state index is 0.814. The normalized spacial score (nSPS) is 15.2. The van der Waals surface area contributed by atoms with E-state index in [4.69, 9.17) is 0 Å². The van der Waals surface area contributed by atoms with Gasteiger partial charge in [0, 0.05) is 49.8 Å². The third-order valence-electron chi connectivity index (χ3n) is 4.94. The highest BCUT2D eigenvalue weighted by Gasteiger charge is 2.15. The number of pyridine rings is 1. The molecule has 1 N–H and O–H groups in total. The van der Waals surface area contributed by atoms with Crippen LogP contribution in [0.1, 0.15) is 0 Å². The van der Waals surface area contributed by atoms with Gasteiger partial charge in [-0.1, -0.05) is 11.3 Å². The first-order valence-electron chi connectivity index (χ1n) is 9.17. The molecule has 1 fully saturated rings. The molecule has 0 aliphatic carbocycles. The Hall–Kier alpha value is -3.04. The number of aromatic nitrogens is 5. The first-order chi connectivity index (χ1) is 13.7. The van der Waals surface area contributed by atoms with Crippen molar-refractivity contribution in [1.82, 2.24) is 29.6 Å². The van der Waals surface area contributed by atoms with Gasteiger partial charge >= 0.3 is 0 Å². The molecule has 1 saturated heterocycles. The number of rotatable bonds is 4. The van der Waals surface area contributed by atoms with Crippen molar-refractivity contribution in [3.8, 4) is 5.69 Å². The molecule has 3 aromatic heterocycles. The summed E-state index contributed by atoms with van der Waals surface area (Å²) in [5.41, 5.74) is 3.17. The molecule has 1 aromatic carbocycles. The van der Waals surface area contributed by atoms with Crippen molar-refractivity contribution >= 4 is 38.2 Å². The number of fused-ring (bicyclic) bond motifs is 1. The maximum Gasteiger partial charge on any atom is 0.189 e. The number of anilines is 3. The molecule has 5 rings (SSSR count). The number of thiazole rings is 1. The van der Waals surface area contributed by atoms with Crippen molar-refractivity contribution < 1.29 is 0 Å². The van der Waals surface area contributed by atoms with Crippen LogP contribution >= 0.6 is 11.3 Å². The summed E-state index contributed by atoms with van der Waals surface area (Å²) in [5, 5.41) is 11.9. The van der Waals surface area contributed by atoms with E-state index in [1.807, 2.05) is 22.9 Å². The molecule has 0 saturated carbocycles. The highest BCUT2D eigenvalue weighted by Crippen LogP contribution is 2.30. The summed E-state index contributed by atoms with van der Waals surface area (Å²) in [7, 11) is 2.17. The van der Waals surface area contributed by atoms with Gasteiger partial charge in [-0.3, -0.25) is 4.57 Å². The van der Waals surface area contributed by atoms with E-state index in [-0.39, 0.29) is 0 Å². The van der Waals surface area contributed by atoms with E-state index in [2.05, 4.69) is 60.5 Å². The van der Waals surface area contributed by atoms with Gasteiger partial charge in [0.05, 0.1) is 10.2 Å². The summed E-state index contributed by atoms with van der Waals surface area (Å²) in [6, 6.07) is 10.3. The molecule has 0 amide bonds. The molecule has 28 heavy (non-hydrogen) atoms. The monoisotopic (exact) mass is 392 g/mol. The molecule has 4 heterocycles. The Kier molecular flexibility index (Phi) is 4.38. The Morgan fingerprint density at radius 2 is 1.79 bits per heavy atom. The molecular formula is C19H20N8S. The Morgan fingerprint density at radius 1 is 0.964 bits per heavy atom. The van der Waals surface area contributed by atoms with Gasteiger partial charge in [0.1, 0.15) is 18.5 Å². The molecule has 0 unspecified atom stereocenters. The Morgan fingerprint density at radius 3 is 2.61 bits per heavy atom. The van der Waals surface area contributed by atoms with Crippen LogP contribution in [0, 0.1) is 0 Å². The number of hydrogen-bond donors (Lipinski definition) is 1. The van der Waals surface area contributed by atoms with E-state index < -0.39 is 0 Å². The van der Waals surface area contributed by atoms with Crippen molar-refractivity contribution in [1.29, 1.82) is 0 Å². The standard InChI is InChI=1S/C19H20N8S/c1-25-6-8-26(9-7-25)15-4-5-20-18(11-15)24-19-23-16-3-2-14(10-17(16)28-19)27-12-21-22-13-27/h2-5,10-13H,6-9H2,1H3,(H,20,23,24). The van der Waals surface area contributed by atoms with Gasteiger partial charge in [-0.25, -0.2) is 9.97 Å². The first kappa shape index (κ1) is 17.1. The predicted molar refractivity (Wildman–Crippen MR) is 112 cm³/mol. The lowest BCUT2D eigenvalue weighted by Crippen LogP contribution is -2.44. The summed E-state index contributed by atoms with van der Waals surface area (Å²) in [5.74, 6) is 0.814. The third kappa shape index (κ3) is 3.41. The molecule has 0 spiro atoms. The van der Waals surface area contributed by atoms with Crippen molar-refractivity contribution in [2.45, 2.75) is 0 Å². The van der Waals surface area contributed by atoms with Gasteiger partial charge in [-0.15, -0.1) is 10.2 Å². The first-order valence-corrected chi connectivity index (χ1v) is 9.98. The Bertz CT molecular complexity index is 1080. The van der Waals surface area contributed by atoms with Crippen LogP contribution in [-0.4, -0.2) is 62.9 Å². The van der Waals surface area contributed by atoms with Crippen molar-refractivity contribution in [3.05, 3.63) is 49.2 Å². The zero-order valence-corrected chi connectivity index (χ0v) is 16.3. The van der Waals surface area contributed by atoms with Gasteiger partial charge in [-0.2, -0.15) is 0 Å². The van der Waals surface area contributed by atoms with E-state index in [9.17, 15) is 0 Å². The van der Waals surface area contributed by atoms with Gasteiger partial charge in [-0.05, 0) is 31.3 Å². The van der Waals surface area contributed by atoms with Crippen LogP contribution in [0.15, 0.2) is 49.2 Å². The van der Waals surface area contributed by atoms with Crippen LogP contribution in [0.3, 0.4) is 0 Å². The summed E-state index contributed by atoms with van der Waals surface area (Å²) in [6.45, 7) is 4.23. The summed E-state index contributed by atoms with van der Waals surface area (Å²) >= 11 is 1.61. The van der Waals surface area contributed by atoms with Crippen molar-refractivity contribution in [2.75, 3.05) is 43.4 Å². The van der Waals surface area contributed by atoms with Crippen LogP contribution < -0.4 is 10.2 Å². The largest absolute Gasteiger partial charge is 0.369 e. The van der Waals surface area contributed by atoms with Crippen LogP contribution in [0.5, 0.6) is 0 Å². The molecule has 0 atom stereocenters. The fraction of sp³-hybridized carbons (Fsp3) is 0.263. The third-order valence-corrected chi connectivity index (χ3v) is 5.87. The highest BCUT2D eigenvalue weighted by molar-refractivity contribution is 7.22. The second-order valence-electron chi connectivity index (χ2n) is 6.85. The molecule has 9 heteroatoms.